The van der Waals surface area contributed by atoms with E-state index in [2.05, 4.69) is 16.0 Å². The van der Waals surface area contributed by atoms with Crippen LogP contribution in [0, 0.1) is 0 Å². The number of pyridine rings is 1. The zero-order valence-electron chi connectivity index (χ0n) is 15.6. The minimum Gasteiger partial charge on any atom is -0.410 e. The summed E-state index contributed by atoms with van der Waals surface area (Å²) in [5, 5.41) is 0. The Morgan fingerprint density at radius 2 is 2.04 bits per heavy atom. The van der Waals surface area contributed by atoms with E-state index in [1.807, 2.05) is 43.7 Å². The summed E-state index contributed by atoms with van der Waals surface area (Å²) in [6, 6.07) is 10.2. The molecule has 1 fully saturated rings. The molecule has 0 radical (unpaired) electrons. The number of nitrogens with zero attached hydrogens (tertiary/aromatic N) is 3. The summed E-state index contributed by atoms with van der Waals surface area (Å²) in [5.41, 5.74) is 3.68. The monoisotopic (exact) mass is 367 g/mol. The molecular formula is C21H25N3O3. The van der Waals surface area contributed by atoms with Gasteiger partial charge in [-0.3, -0.25) is 4.98 Å². The fourth-order valence-electron chi connectivity index (χ4n) is 3.78. The van der Waals surface area contributed by atoms with Crippen molar-refractivity contribution in [2.75, 3.05) is 31.7 Å². The van der Waals surface area contributed by atoms with Crippen LogP contribution in [0.4, 0.5) is 10.5 Å². The van der Waals surface area contributed by atoms with E-state index in [1.54, 1.807) is 4.90 Å². The summed E-state index contributed by atoms with van der Waals surface area (Å²) >= 11 is 0. The highest BCUT2D eigenvalue weighted by Gasteiger charge is 2.25. The van der Waals surface area contributed by atoms with Crippen LogP contribution >= 0.6 is 0 Å². The molecule has 0 aliphatic carbocycles. The maximum absolute atomic E-state index is 12.5. The third kappa shape index (κ3) is 4.06. The van der Waals surface area contributed by atoms with Crippen LogP contribution < -0.4 is 9.64 Å². The van der Waals surface area contributed by atoms with E-state index in [0.29, 0.717) is 19.0 Å². The van der Waals surface area contributed by atoms with Crippen LogP contribution in [-0.4, -0.2) is 48.8 Å². The van der Waals surface area contributed by atoms with Gasteiger partial charge in [0.25, 0.3) is 0 Å². The standard InChI is InChI=1S/C21H25N3O3/c1-23(18-7-12-26-13-8-18)21(25)27-19-2-3-20-17(14-19)6-11-24(20)15-16-4-9-22-10-5-16/h2-5,9-10,14,18H,6-8,11-13,15H2,1H3. The van der Waals surface area contributed by atoms with E-state index in [1.165, 1.54) is 16.8 Å². The number of amides is 1. The van der Waals surface area contributed by atoms with Gasteiger partial charge in [0.2, 0.25) is 0 Å². The predicted molar refractivity (Wildman–Crippen MR) is 103 cm³/mol. The van der Waals surface area contributed by atoms with Gasteiger partial charge in [-0.05, 0) is 60.7 Å². The molecule has 0 N–H and O–H groups in total. The molecule has 2 aliphatic rings. The number of hydrogen-bond acceptors (Lipinski definition) is 5. The van der Waals surface area contributed by atoms with Crippen LogP contribution in [0.5, 0.6) is 5.75 Å². The summed E-state index contributed by atoms with van der Waals surface area (Å²) < 4.78 is 11.0. The van der Waals surface area contributed by atoms with Crippen LogP contribution in [0.2, 0.25) is 0 Å². The van der Waals surface area contributed by atoms with Gasteiger partial charge in [0.05, 0.1) is 0 Å². The number of benzene rings is 1. The van der Waals surface area contributed by atoms with Gasteiger partial charge in [0.15, 0.2) is 0 Å². The average molecular weight is 367 g/mol. The second-order valence-corrected chi connectivity index (χ2v) is 7.14. The van der Waals surface area contributed by atoms with E-state index in [4.69, 9.17) is 9.47 Å². The van der Waals surface area contributed by atoms with Gasteiger partial charge in [-0.15, -0.1) is 0 Å². The highest BCUT2D eigenvalue weighted by molar-refractivity contribution is 5.71. The van der Waals surface area contributed by atoms with Crippen molar-refractivity contribution in [1.82, 2.24) is 9.88 Å². The second-order valence-electron chi connectivity index (χ2n) is 7.14. The van der Waals surface area contributed by atoms with Crippen molar-refractivity contribution in [1.29, 1.82) is 0 Å². The van der Waals surface area contributed by atoms with Gasteiger partial charge in [-0.25, -0.2) is 4.79 Å². The van der Waals surface area contributed by atoms with Crippen LogP contribution in [0.25, 0.3) is 0 Å². The highest BCUT2D eigenvalue weighted by Crippen LogP contribution is 2.32. The predicted octanol–water partition coefficient (Wildman–Crippen LogP) is 3.25. The maximum Gasteiger partial charge on any atom is 0.415 e. The number of rotatable bonds is 4. The molecular weight excluding hydrogens is 342 g/mol. The van der Waals surface area contributed by atoms with Crippen molar-refractivity contribution < 1.29 is 14.3 Å². The second kappa shape index (κ2) is 7.96. The molecule has 6 nitrogen and oxygen atoms in total. The van der Waals surface area contributed by atoms with Gasteiger partial charge in [0, 0.05) is 57.5 Å². The molecule has 6 heteroatoms. The van der Waals surface area contributed by atoms with Gasteiger partial charge < -0.3 is 19.3 Å². The Bertz CT molecular complexity index is 791. The van der Waals surface area contributed by atoms with E-state index >= 15 is 0 Å². The Labute approximate surface area is 159 Å². The summed E-state index contributed by atoms with van der Waals surface area (Å²) in [6.07, 6.45) is 6.03. The van der Waals surface area contributed by atoms with E-state index in [0.717, 1.165) is 32.4 Å². The lowest BCUT2D eigenvalue weighted by Gasteiger charge is -2.30. The summed E-state index contributed by atoms with van der Waals surface area (Å²) in [7, 11) is 1.81. The molecule has 0 atom stereocenters. The van der Waals surface area contributed by atoms with Crippen LogP contribution in [0.1, 0.15) is 24.0 Å². The van der Waals surface area contributed by atoms with Crippen molar-refractivity contribution in [3.63, 3.8) is 0 Å². The molecule has 0 saturated carbocycles. The lowest BCUT2D eigenvalue weighted by Crippen LogP contribution is -2.42. The summed E-state index contributed by atoms with van der Waals surface area (Å²) in [6.45, 7) is 3.24. The van der Waals surface area contributed by atoms with E-state index < -0.39 is 0 Å². The zero-order valence-corrected chi connectivity index (χ0v) is 15.6. The fraction of sp³-hybridized carbons (Fsp3) is 0.429. The lowest BCUT2D eigenvalue weighted by atomic mass is 10.1. The van der Waals surface area contributed by atoms with E-state index in [9.17, 15) is 4.79 Å². The number of hydrogen-bond donors (Lipinski definition) is 0. The minimum absolute atomic E-state index is 0.191. The maximum atomic E-state index is 12.5. The summed E-state index contributed by atoms with van der Waals surface area (Å²) in [4.78, 5) is 20.6. The largest absolute Gasteiger partial charge is 0.415 e. The first-order chi connectivity index (χ1) is 13.2. The Morgan fingerprint density at radius 3 is 2.81 bits per heavy atom. The number of carbonyl (C=O) groups is 1. The highest BCUT2D eigenvalue weighted by atomic mass is 16.6. The molecule has 0 bridgehead atoms. The topological polar surface area (TPSA) is 54.9 Å². The van der Waals surface area contributed by atoms with Gasteiger partial charge in [-0.2, -0.15) is 0 Å². The van der Waals surface area contributed by atoms with Crippen LogP contribution in [-0.2, 0) is 17.7 Å². The zero-order chi connectivity index (χ0) is 18.6. The van der Waals surface area contributed by atoms with Gasteiger partial charge in [0.1, 0.15) is 5.75 Å². The third-order valence-corrected chi connectivity index (χ3v) is 5.40. The molecule has 2 aliphatic heterocycles. The SMILES string of the molecule is CN(C(=O)Oc1ccc2c(c1)CCN2Cc1ccncc1)C1CCOCC1. The first-order valence-electron chi connectivity index (χ1n) is 9.50. The molecule has 1 aromatic carbocycles. The van der Waals surface area contributed by atoms with Crippen molar-refractivity contribution in [3.8, 4) is 5.75 Å². The molecule has 27 heavy (non-hydrogen) atoms. The van der Waals surface area contributed by atoms with Crippen LogP contribution in [0.3, 0.4) is 0 Å². The summed E-state index contributed by atoms with van der Waals surface area (Å²) in [5.74, 6) is 0.614. The molecule has 4 rings (SSSR count). The minimum atomic E-state index is -0.298. The Hall–Kier alpha value is -2.60. The smallest absolute Gasteiger partial charge is 0.410 e. The molecule has 1 aromatic heterocycles. The quantitative estimate of drug-likeness (QED) is 0.830. The van der Waals surface area contributed by atoms with Crippen molar-refractivity contribution in [2.24, 2.45) is 0 Å². The Balaban J connectivity index is 1.40. The molecule has 3 heterocycles. The van der Waals surface area contributed by atoms with Crippen molar-refractivity contribution >= 4 is 11.8 Å². The molecule has 1 amide bonds. The molecule has 1 saturated heterocycles. The van der Waals surface area contributed by atoms with Gasteiger partial charge >= 0.3 is 6.09 Å². The first kappa shape index (κ1) is 17.8. The third-order valence-electron chi connectivity index (χ3n) is 5.40. The first-order valence-corrected chi connectivity index (χ1v) is 9.50. The Morgan fingerprint density at radius 1 is 1.26 bits per heavy atom. The molecule has 2 aromatic rings. The van der Waals surface area contributed by atoms with E-state index in [-0.39, 0.29) is 12.1 Å². The van der Waals surface area contributed by atoms with Gasteiger partial charge in [-0.1, -0.05) is 0 Å². The van der Waals surface area contributed by atoms with Crippen LogP contribution in [0.15, 0.2) is 42.7 Å². The fourth-order valence-corrected chi connectivity index (χ4v) is 3.78. The molecule has 0 spiro atoms. The normalized spacial score (nSPS) is 16.9. The molecule has 0 unspecified atom stereocenters. The number of ether oxygens (including phenoxy) is 2. The Kier molecular flexibility index (Phi) is 5.25. The number of carbonyl (C=O) groups excluding carboxylic acids is 1. The number of anilines is 1. The molecule has 142 valence electrons. The lowest BCUT2D eigenvalue weighted by molar-refractivity contribution is 0.0454. The number of aromatic nitrogens is 1. The average Bonchev–Trinajstić information content (AvgIpc) is 3.11. The van der Waals surface area contributed by atoms with Crippen molar-refractivity contribution in [3.05, 3.63) is 53.9 Å². The van der Waals surface area contributed by atoms with Crippen molar-refractivity contribution in [2.45, 2.75) is 31.8 Å². The number of fused-ring (bicyclic) bond motifs is 1.